The highest BCUT2D eigenvalue weighted by Crippen LogP contribution is 2.32. The predicted octanol–water partition coefficient (Wildman–Crippen LogP) is 2.97. The highest BCUT2D eigenvalue weighted by molar-refractivity contribution is 9.10. The van der Waals surface area contributed by atoms with Gasteiger partial charge in [-0.05, 0) is 35.0 Å². The number of nitrogens with zero attached hydrogens (tertiary/aromatic N) is 1. The first-order valence-electron chi connectivity index (χ1n) is 4.72. The van der Waals surface area contributed by atoms with Crippen molar-refractivity contribution in [2.45, 2.75) is 19.5 Å². The molecule has 17 heavy (non-hydrogen) atoms. The van der Waals surface area contributed by atoms with Crippen molar-refractivity contribution in [3.05, 3.63) is 28.0 Å². The van der Waals surface area contributed by atoms with E-state index in [2.05, 4.69) is 25.7 Å². The molecule has 94 valence electrons. The number of alkyl halides is 3. The summed E-state index contributed by atoms with van der Waals surface area (Å²) in [6.45, 7) is 1.70. The van der Waals surface area contributed by atoms with Crippen LogP contribution in [0.15, 0.2) is 16.7 Å². The molecule has 7 heteroatoms. The maximum Gasteiger partial charge on any atom is 0.418 e. The van der Waals surface area contributed by atoms with Gasteiger partial charge >= 0.3 is 12.1 Å². The SMILES string of the molecule is CCOC(=O)Cc1nc(Br)ccc1C(F)(F)F. The molecule has 0 bridgehead atoms. The van der Waals surface area contributed by atoms with E-state index in [1.807, 2.05) is 0 Å². The van der Waals surface area contributed by atoms with Crippen LogP contribution in [0, 0.1) is 0 Å². The molecule has 0 spiro atoms. The van der Waals surface area contributed by atoms with Crippen LogP contribution in [0.4, 0.5) is 13.2 Å². The van der Waals surface area contributed by atoms with Crippen LogP contribution in [0.3, 0.4) is 0 Å². The standard InChI is InChI=1S/C10H9BrF3NO2/c1-2-17-9(16)5-7-6(10(12,13)14)3-4-8(11)15-7/h3-4H,2,5H2,1H3. The van der Waals surface area contributed by atoms with Gasteiger partial charge in [0.15, 0.2) is 0 Å². The zero-order valence-corrected chi connectivity index (χ0v) is 10.4. The second-order valence-corrected chi connectivity index (χ2v) is 3.92. The molecule has 0 aliphatic carbocycles. The minimum Gasteiger partial charge on any atom is -0.466 e. The average molecular weight is 312 g/mol. The fourth-order valence-corrected chi connectivity index (χ4v) is 1.56. The van der Waals surface area contributed by atoms with Crippen LogP contribution in [0.25, 0.3) is 0 Å². The van der Waals surface area contributed by atoms with Gasteiger partial charge in [-0.25, -0.2) is 4.98 Å². The summed E-state index contributed by atoms with van der Waals surface area (Å²) in [6.07, 6.45) is -5.03. The van der Waals surface area contributed by atoms with Crippen molar-refractivity contribution in [3.63, 3.8) is 0 Å². The molecule has 0 radical (unpaired) electrons. The zero-order valence-electron chi connectivity index (χ0n) is 8.84. The molecular formula is C10H9BrF3NO2. The summed E-state index contributed by atoms with van der Waals surface area (Å²) in [7, 11) is 0. The molecule has 1 aromatic rings. The van der Waals surface area contributed by atoms with Gasteiger partial charge in [0.2, 0.25) is 0 Å². The van der Waals surface area contributed by atoms with Crippen molar-refractivity contribution < 1.29 is 22.7 Å². The quantitative estimate of drug-likeness (QED) is 0.636. The predicted molar refractivity (Wildman–Crippen MR) is 57.3 cm³/mol. The second-order valence-electron chi connectivity index (χ2n) is 3.11. The Labute approximate surface area is 104 Å². The number of rotatable bonds is 3. The van der Waals surface area contributed by atoms with E-state index in [1.54, 1.807) is 6.92 Å². The Bertz CT molecular complexity index is 421. The van der Waals surface area contributed by atoms with E-state index in [1.165, 1.54) is 6.07 Å². The number of hydrogen-bond acceptors (Lipinski definition) is 3. The maximum atomic E-state index is 12.6. The van der Waals surface area contributed by atoms with E-state index >= 15 is 0 Å². The van der Waals surface area contributed by atoms with Crippen molar-refractivity contribution in [1.82, 2.24) is 4.98 Å². The Morgan fingerprint density at radius 2 is 2.12 bits per heavy atom. The first-order chi connectivity index (χ1) is 7.84. The Hall–Kier alpha value is -1.11. The summed E-state index contributed by atoms with van der Waals surface area (Å²) in [5.74, 6) is -0.733. The van der Waals surface area contributed by atoms with Crippen LogP contribution >= 0.6 is 15.9 Å². The molecule has 3 nitrogen and oxygen atoms in total. The summed E-state index contributed by atoms with van der Waals surface area (Å²) >= 11 is 2.96. The summed E-state index contributed by atoms with van der Waals surface area (Å²) < 4.78 is 42.7. The molecule has 0 amide bonds. The Morgan fingerprint density at radius 1 is 1.47 bits per heavy atom. The molecular weight excluding hydrogens is 303 g/mol. The number of halogens is 4. The van der Waals surface area contributed by atoms with Gasteiger partial charge in [-0.1, -0.05) is 0 Å². The summed E-state index contributed by atoms with van der Waals surface area (Å²) in [6, 6.07) is 2.06. The van der Waals surface area contributed by atoms with E-state index < -0.39 is 24.1 Å². The zero-order chi connectivity index (χ0) is 13.1. The van der Waals surface area contributed by atoms with Crippen LogP contribution in [0.1, 0.15) is 18.2 Å². The number of aromatic nitrogens is 1. The lowest BCUT2D eigenvalue weighted by atomic mass is 10.1. The molecule has 0 N–H and O–H groups in total. The normalized spacial score (nSPS) is 11.4. The monoisotopic (exact) mass is 311 g/mol. The number of esters is 1. The minimum absolute atomic E-state index is 0.119. The largest absolute Gasteiger partial charge is 0.466 e. The molecule has 0 aliphatic heterocycles. The third-order valence-electron chi connectivity index (χ3n) is 1.86. The highest BCUT2D eigenvalue weighted by Gasteiger charge is 2.34. The van der Waals surface area contributed by atoms with E-state index in [0.717, 1.165) is 6.07 Å². The van der Waals surface area contributed by atoms with Crippen molar-refractivity contribution in [2.24, 2.45) is 0 Å². The number of ether oxygens (including phenoxy) is 1. The molecule has 1 rings (SSSR count). The molecule has 1 aromatic heterocycles. The van der Waals surface area contributed by atoms with Crippen LogP contribution < -0.4 is 0 Å². The van der Waals surface area contributed by atoms with Crippen LogP contribution in [0.2, 0.25) is 0 Å². The maximum absolute atomic E-state index is 12.6. The minimum atomic E-state index is -4.53. The van der Waals surface area contributed by atoms with Gasteiger partial charge in [-0.2, -0.15) is 13.2 Å². The average Bonchev–Trinajstić information content (AvgIpc) is 2.15. The highest BCUT2D eigenvalue weighted by atomic mass is 79.9. The van der Waals surface area contributed by atoms with Crippen LogP contribution in [-0.2, 0) is 22.1 Å². The molecule has 0 aliphatic rings. The Morgan fingerprint density at radius 3 is 2.65 bits per heavy atom. The lowest BCUT2D eigenvalue weighted by molar-refractivity contribution is -0.143. The van der Waals surface area contributed by atoms with Gasteiger partial charge in [0, 0.05) is 0 Å². The number of carbonyl (C=O) groups excluding carboxylic acids is 1. The van der Waals surface area contributed by atoms with Gasteiger partial charge in [0.05, 0.1) is 24.3 Å². The molecule has 0 unspecified atom stereocenters. The number of hydrogen-bond donors (Lipinski definition) is 0. The molecule has 1 heterocycles. The van der Waals surface area contributed by atoms with Crippen molar-refractivity contribution in [3.8, 4) is 0 Å². The Kier molecular flexibility index (Phi) is 4.50. The van der Waals surface area contributed by atoms with Crippen molar-refractivity contribution in [2.75, 3.05) is 6.61 Å². The summed E-state index contributed by atoms with van der Waals surface area (Å²) in [5.41, 5.74) is -1.26. The van der Waals surface area contributed by atoms with Gasteiger partial charge < -0.3 is 4.74 Å². The van der Waals surface area contributed by atoms with Crippen LogP contribution in [-0.4, -0.2) is 17.6 Å². The van der Waals surface area contributed by atoms with E-state index in [9.17, 15) is 18.0 Å². The molecule has 0 saturated heterocycles. The third-order valence-corrected chi connectivity index (χ3v) is 2.30. The topological polar surface area (TPSA) is 39.2 Å². The molecule has 0 saturated carbocycles. The fraction of sp³-hybridized carbons (Fsp3) is 0.400. The second kappa shape index (κ2) is 5.48. The number of carbonyl (C=O) groups is 1. The number of pyridine rings is 1. The summed E-state index contributed by atoms with van der Waals surface area (Å²) in [5, 5.41) is 0. The third kappa shape index (κ3) is 3.99. The van der Waals surface area contributed by atoms with E-state index in [4.69, 9.17) is 0 Å². The lowest BCUT2D eigenvalue weighted by Gasteiger charge is -2.11. The first-order valence-corrected chi connectivity index (χ1v) is 5.52. The lowest BCUT2D eigenvalue weighted by Crippen LogP contribution is -2.16. The fourth-order valence-electron chi connectivity index (χ4n) is 1.22. The first kappa shape index (κ1) is 14.0. The van der Waals surface area contributed by atoms with Gasteiger partial charge in [-0.3, -0.25) is 4.79 Å². The van der Waals surface area contributed by atoms with Crippen molar-refractivity contribution >= 4 is 21.9 Å². The molecule has 0 aromatic carbocycles. The van der Waals surface area contributed by atoms with E-state index in [-0.39, 0.29) is 16.9 Å². The van der Waals surface area contributed by atoms with Gasteiger partial charge in [0.25, 0.3) is 0 Å². The van der Waals surface area contributed by atoms with Gasteiger partial charge in [-0.15, -0.1) is 0 Å². The van der Waals surface area contributed by atoms with Crippen molar-refractivity contribution in [1.29, 1.82) is 0 Å². The Balaban J connectivity index is 3.04. The smallest absolute Gasteiger partial charge is 0.418 e. The molecule has 0 atom stereocenters. The summed E-state index contributed by atoms with van der Waals surface area (Å²) in [4.78, 5) is 14.8. The molecule has 0 fully saturated rings. The van der Waals surface area contributed by atoms with Crippen LogP contribution in [0.5, 0.6) is 0 Å². The van der Waals surface area contributed by atoms with E-state index in [0.29, 0.717) is 0 Å². The van der Waals surface area contributed by atoms with Gasteiger partial charge in [0.1, 0.15) is 4.60 Å².